The Labute approximate surface area is 187 Å². The van der Waals surface area contributed by atoms with Crippen LogP contribution in [-0.2, 0) is 11.2 Å². The molecule has 9 nitrogen and oxygen atoms in total. The Morgan fingerprint density at radius 2 is 1.81 bits per heavy atom. The second kappa shape index (κ2) is 10.7. The van der Waals surface area contributed by atoms with Crippen molar-refractivity contribution in [2.45, 2.75) is 20.3 Å². The van der Waals surface area contributed by atoms with Gasteiger partial charge in [-0.15, -0.1) is 0 Å². The number of amides is 2. The summed E-state index contributed by atoms with van der Waals surface area (Å²) in [6.07, 6.45) is 0.834. The van der Waals surface area contributed by atoms with Gasteiger partial charge in [-0.1, -0.05) is 25.1 Å². The highest BCUT2D eigenvalue weighted by atomic mass is 16.6. The van der Waals surface area contributed by atoms with E-state index in [0.29, 0.717) is 32.8 Å². The van der Waals surface area contributed by atoms with Crippen LogP contribution in [0.15, 0.2) is 42.5 Å². The number of nitro benzene ring substituents is 1. The van der Waals surface area contributed by atoms with E-state index in [1.165, 1.54) is 12.1 Å². The fourth-order valence-corrected chi connectivity index (χ4v) is 3.71. The molecule has 2 aromatic carbocycles. The molecule has 0 spiro atoms. The van der Waals surface area contributed by atoms with Crippen LogP contribution in [0.3, 0.4) is 0 Å². The van der Waals surface area contributed by atoms with Crippen LogP contribution in [0.4, 0.5) is 11.4 Å². The molecule has 1 aliphatic rings. The number of anilines is 1. The molecular formula is C23H28N4O5. The van der Waals surface area contributed by atoms with Gasteiger partial charge in [0.15, 0.2) is 5.75 Å². The van der Waals surface area contributed by atoms with Gasteiger partial charge in [0.2, 0.25) is 5.91 Å². The van der Waals surface area contributed by atoms with Gasteiger partial charge in [0.25, 0.3) is 5.91 Å². The van der Waals surface area contributed by atoms with Gasteiger partial charge in [0.05, 0.1) is 18.1 Å². The Morgan fingerprint density at radius 3 is 2.47 bits per heavy atom. The Hall–Kier alpha value is -3.46. The van der Waals surface area contributed by atoms with Gasteiger partial charge in [-0.2, -0.15) is 0 Å². The second-order valence-electron chi connectivity index (χ2n) is 7.50. The third-order valence-electron chi connectivity index (χ3n) is 5.40. The average Bonchev–Trinajstić information content (AvgIpc) is 2.79. The second-order valence-corrected chi connectivity index (χ2v) is 7.50. The Balaban J connectivity index is 1.56. The molecule has 32 heavy (non-hydrogen) atoms. The summed E-state index contributed by atoms with van der Waals surface area (Å²) in [6, 6.07) is 12.0. The molecule has 1 heterocycles. The number of hydrogen-bond acceptors (Lipinski definition) is 6. The molecule has 1 saturated heterocycles. The van der Waals surface area contributed by atoms with Crippen molar-refractivity contribution in [3.63, 3.8) is 0 Å². The summed E-state index contributed by atoms with van der Waals surface area (Å²) >= 11 is 0. The molecule has 0 aliphatic carbocycles. The number of ether oxygens (including phenoxy) is 1. The van der Waals surface area contributed by atoms with Crippen LogP contribution in [0.25, 0.3) is 0 Å². The normalized spacial score (nSPS) is 14.1. The molecule has 1 aliphatic heterocycles. The number of carbonyl (C=O) groups is 2. The Kier molecular flexibility index (Phi) is 7.77. The van der Waals surface area contributed by atoms with Crippen molar-refractivity contribution in [3.8, 4) is 5.75 Å². The average molecular weight is 441 g/mol. The number of nitro groups is 1. The van der Waals surface area contributed by atoms with Crippen molar-refractivity contribution < 1.29 is 19.2 Å². The summed E-state index contributed by atoms with van der Waals surface area (Å²) < 4.78 is 5.28. The van der Waals surface area contributed by atoms with Crippen LogP contribution in [0.1, 0.15) is 29.8 Å². The van der Waals surface area contributed by atoms with Crippen molar-refractivity contribution in [2.75, 3.05) is 44.6 Å². The highest BCUT2D eigenvalue weighted by molar-refractivity contribution is 5.95. The molecule has 1 N–H and O–H groups in total. The maximum absolute atomic E-state index is 12.8. The SMILES string of the molecule is CCOc1ccc(C(=O)N2CCN(CC(=O)Nc3ccccc3CC)CC2)cc1[N+](=O)[O-]. The van der Waals surface area contributed by atoms with E-state index in [2.05, 4.69) is 5.32 Å². The van der Waals surface area contributed by atoms with Gasteiger partial charge in [-0.3, -0.25) is 24.6 Å². The molecule has 9 heteroatoms. The summed E-state index contributed by atoms with van der Waals surface area (Å²) in [5.74, 6) is -0.209. The highest BCUT2D eigenvalue weighted by Gasteiger charge is 2.26. The summed E-state index contributed by atoms with van der Waals surface area (Å²) in [4.78, 5) is 39.7. The number of rotatable bonds is 8. The van der Waals surface area contributed by atoms with E-state index in [1.807, 2.05) is 36.1 Å². The number of para-hydroxylation sites is 1. The monoisotopic (exact) mass is 440 g/mol. The van der Waals surface area contributed by atoms with Gasteiger partial charge >= 0.3 is 5.69 Å². The quantitative estimate of drug-likeness (QED) is 0.500. The van der Waals surface area contributed by atoms with Crippen LogP contribution < -0.4 is 10.1 Å². The predicted octanol–water partition coefficient (Wildman–Crippen LogP) is 2.95. The minimum Gasteiger partial charge on any atom is -0.487 e. The number of hydrogen-bond donors (Lipinski definition) is 1. The van der Waals surface area contributed by atoms with Gasteiger partial charge in [0.1, 0.15) is 0 Å². The van der Waals surface area contributed by atoms with Crippen molar-refractivity contribution in [1.82, 2.24) is 9.80 Å². The number of carbonyl (C=O) groups excluding carboxylic acids is 2. The van der Waals surface area contributed by atoms with Crippen molar-refractivity contribution in [3.05, 3.63) is 63.7 Å². The van der Waals surface area contributed by atoms with Gasteiger partial charge < -0.3 is 15.0 Å². The lowest BCUT2D eigenvalue weighted by molar-refractivity contribution is -0.385. The van der Waals surface area contributed by atoms with Crippen molar-refractivity contribution in [1.29, 1.82) is 0 Å². The third-order valence-corrected chi connectivity index (χ3v) is 5.40. The van der Waals surface area contributed by atoms with E-state index in [0.717, 1.165) is 17.7 Å². The van der Waals surface area contributed by atoms with Gasteiger partial charge in [-0.05, 0) is 37.1 Å². The van der Waals surface area contributed by atoms with Gasteiger partial charge in [0, 0.05) is 43.5 Å². The minimum atomic E-state index is -0.547. The third kappa shape index (κ3) is 5.61. The van der Waals surface area contributed by atoms with Crippen molar-refractivity contribution >= 4 is 23.2 Å². The van der Waals surface area contributed by atoms with E-state index in [1.54, 1.807) is 17.9 Å². The van der Waals surface area contributed by atoms with Crippen LogP contribution >= 0.6 is 0 Å². The summed E-state index contributed by atoms with van der Waals surface area (Å²) in [5, 5.41) is 14.3. The lowest BCUT2D eigenvalue weighted by Crippen LogP contribution is -2.50. The maximum atomic E-state index is 12.8. The van der Waals surface area contributed by atoms with Crippen LogP contribution in [0, 0.1) is 10.1 Å². The molecule has 2 amide bonds. The first kappa shape index (κ1) is 23.2. The first-order valence-electron chi connectivity index (χ1n) is 10.7. The Bertz CT molecular complexity index is 986. The van der Waals surface area contributed by atoms with E-state index >= 15 is 0 Å². The minimum absolute atomic E-state index is 0.0900. The molecule has 1 fully saturated rings. The fraction of sp³-hybridized carbons (Fsp3) is 0.391. The first-order valence-corrected chi connectivity index (χ1v) is 10.7. The topological polar surface area (TPSA) is 105 Å². The van der Waals surface area contributed by atoms with E-state index in [4.69, 9.17) is 4.74 Å². The molecule has 0 aromatic heterocycles. The maximum Gasteiger partial charge on any atom is 0.311 e. The fourth-order valence-electron chi connectivity index (χ4n) is 3.71. The number of benzene rings is 2. The van der Waals surface area contributed by atoms with E-state index in [9.17, 15) is 19.7 Å². The molecule has 3 rings (SSSR count). The molecule has 0 radical (unpaired) electrons. The van der Waals surface area contributed by atoms with Crippen LogP contribution in [-0.4, -0.2) is 65.9 Å². The Morgan fingerprint density at radius 1 is 1.09 bits per heavy atom. The lowest BCUT2D eigenvalue weighted by Gasteiger charge is -2.34. The molecular weight excluding hydrogens is 412 g/mol. The highest BCUT2D eigenvalue weighted by Crippen LogP contribution is 2.28. The summed E-state index contributed by atoms with van der Waals surface area (Å²) in [7, 11) is 0. The smallest absolute Gasteiger partial charge is 0.311 e. The lowest BCUT2D eigenvalue weighted by atomic mass is 10.1. The zero-order chi connectivity index (χ0) is 23.1. The summed E-state index contributed by atoms with van der Waals surface area (Å²) in [5.41, 5.74) is 1.94. The largest absolute Gasteiger partial charge is 0.487 e. The molecule has 0 atom stereocenters. The van der Waals surface area contributed by atoms with E-state index < -0.39 is 4.92 Å². The molecule has 0 unspecified atom stereocenters. The number of piperazine rings is 1. The first-order chi connectivity index (χ1) is 15.4. The van der Waals surface area contributed by atoms with Crippen molar-refractivity contribution in [2.24, 2.45) is 0 Å². The predicted molar refractivity (Wildman–Crippen MR) is 121 cm³/mol. The van der Waals surface area contributed by atoms with Gasteiger partial charge in [-0.25, -0.2) is 0 Å². The number of aryl methyl sites for hydroxylation is 1. The zero-order valence-electron chi connectivity index (χ0n) is 18.4. The molecule has 0 saturated carbocycles. The van der Waals surface area contributed by atoms with E-state index in [-0.39, 0.29) is 35.4 Å². The number of nitrogens with zero attached hydrogens (tertiary/aromatic N) is 3. The zero-order valence-corrected chi connectivity index (χ0v) is 18.4. The van der Waals surface area contributed by atoms with Crippen LogP contribution in [0.5, 0.6) is 5.75 Å². The molecule has 2 aromatic rings. The summed E-state index contributed by atoms with van der Waals surface area (Å²) in [6.45, 7) is 6.31. The van der Waals surface area contributed by atoms with Crippen LogP contribution in [0.2, 0.25) is 0 Å². The number of nitrogens with one attached hydrogen (secondary N) is 1. The molecule has 0 bridgehead atoms. The molecule has 170 valence electrons. The standard InChI is InChI=1S/C23H28N4O5/c1-3-17-7-5-6-8-19(17)24-22(28)16-25-11-13-26(14-12-25)23(29)18-9-10-21(32-4-2)20(15-18)27(30)31/h5-10,15H,3-4,11-14,16H2,1-2H3,(H,24,28).